The number of nitrogens with one attached hydrogen (secondary N) is 3. The number of amides is 2. The first-order valence-corrected chi connectivity index (χ1v) is 18.5. The Morgan fingerprint density at radius 2 is 1.05 bits per heavy atom. The van der Waals surface area contributed by atoms with Crippen molar-refractivity contribution in [2.75, 3.05) is 58.3 Å². The summed E-state index contributed by atoms with van der Waals surface area (Å²) in [5, 5.41) is 8.10. The van der Waals surface area contributed by atoms with Gasteiger partial charge in [-0.2, -0.15) is 0 Å². The van der Waals surface area contributed by atoms with E-state index in [1.54, 1.807) is 26.5 Å². The molecule has 0 aliphatic rings. The lowest BCUT2D eigenvalue weighted by Crippen LogP contribution is -3.09. The smallest absolute Gasteiger partial charge is 0.220 e. The lowest BCUT2D eigenvalue weighted by atomic mass is 10.0. The van der Waals surface area contributed by atoms with Crippen molar-refractivity contribution in [3.63, 3.8) is 0 Å². The van der Waals surface area contributed by atoms with Crippen molar-refractivity contribution in [2.45, 2.75) is 122 Å². The Morgan fingerprint density at radius 3 is 1.53 bits per heavy atom. The molecule has 0 fully saturated rings. The van der Waals surface area contributed by atoms with Gasteiger partial charge < -0.3 is 20.9 Å². The summed E-state index contributed by atoms with van der Waals surface area (Å²) in [5.41, 5.74) is 0. The van der Waals surface area contributed by atoms with Crippen LogP contribution in [0.15, 0.2) is 0 Å². The molecule has 1 atom stereocenters. The largest absolute Gasteiger partial charge is 0.355 e. The van der Waals surface area contributed by atoms with Crippen LogP contribution in [0.2, 0.25) is 0 Å². The van der Waals surface area contributed by atoms with Gasteiger partial charge in [-0.3, -0.25) is 9.59 Å². The number of nitrogens with two attached hydrogens (primary N) is 1. The molecule has 0 saturated carbocycles. The van der Waals surface area contributed by atoms with Gasteiger partial charge in [-0.1, -0.05) is 106 Å². The first-order valence-electron chi connectivity index (χ1n) is 16.0. The van der Waals surface area contributed by atoms with Gasteiger partial charge in [0.05, 0.1) is 33.7 Å². The van der Waals surface area contributed by atoms with E-state index < -0.39 is 0 Å². The van der Waals surface area contributed by atoms with Crippen LogP contribution < -0.4 is 20.9 Å². The molecule has 0 aromatic carbocycles. The zero-order valence-corrected chi connectivity index (χ0v) is 27.0. The molecule has 1 unspecified atom stereocenters. The van der Waals surface area contributed by atoms with Gasteiger partial charge in [0.15, 0.2) is 0 Å². The molecule has 0 aromatic rings. The van der Waals surface area contributed by atoms with Crippen molar-refractivity contribution < 1.29 is 19.8 Å². The molecule has 0 aliphatic carbocycles. The third-order valence-corrected chi connectivity index (χ3v) is 9.37. The molecule has 6 nitrogen and oxygen atoms in total. The molecule has 0 saturated heterocycles. The summed E-state index contributed by atoms with van der Waals surface area (Å²) < 4.78 is 0. The predicted octanol–water partition coefficient (Wildman–Crippen LogP) is 4.35. The van der Waals surface area contributed by atoms with Crippen LogP contribution >= 0.6 is 21.6 Å². The Morgan fingerprint density at radius 1 is 0.632 bits per heavy atom. The highest BCUT2D eigenvalue weighted by molar-refractivity contribution is 8.76. The quantitative estimate of drug-likeness (QED) is 0.0757. The zero-order chi connectivity index (χ0) is 27.9. The topological polar surface area (TPSA) is 79.2 Å². The van der Waals surface area contributed by atoms with Crippen molar-refractivity contribution in [1.82, 2.24) is 10.6 Å². The third kappa shape index (κ3) is 30.1. The molecular formula is C30H64N4O2S2+2. The number of carbonyl (C=O) groups excluding carboxylic acids is 2. The molecule has 0 bridgehead atoms. The normalized spacial score (nSPS) is 12.0. The molecule has 0 radical (unpaired) electrons. The molecule has 226 valence electrons. The van der Waals surface area contributed by atoms with Crippen molar-refractivity contribution in [3.8, 4) is 0 Å². The molecule has 0 aliphatic heterocycles. The maximum Gasteiger partial charge on any atom is 0.220 e. The van der Waals surface area contributed by atoms with Gasteiger partial charge in [-0.15, -0.1) is 0 Å². The van der Waals surface area contributed by atoms with E-state index >= 15 is 0 Å². The standard InChI is InChI=1S/C30H62N4O2S2/c1-4-5-6-7-8-9-10-11-12-13-14-15-16-17-25-34(3)26-19-21-30(36)33-24-28-38-37-27-23-32-29(35)20-18-22-31-2/h31H,4-28H2,1-3H3,(H,32,35)(H,33,36)/p+2. The molecule has 0 rings (SSSR count). The van der Waals surface area contributed by atoms with Crippen molar-refractivity contribution in [2.24, 2.45) is 0 Å². The molecule has 0 aromatic heterocycles. The molecule has 0 heterocycles. The summed E-state index contributed by atoms with van der Waals surface area (Å²) in [7, 11) is 7.81. The molecule has 2 amide bonds. The van der Waals surface area contributed by atoms with E-state index in [9.17, 15) is 9.59 Å². The van der Waals surface area contributed by atoms with Crippen LogP contribution in [0.25, 0.3) is 0 Å². The number of carbonyl (C=O) groups is 2. The Balaban J connectivity index is 3.33. The van der Waals surface area contributed by atoms with Crippen molar-refractivity contribution >= 4 is 33.4 Å². The average molecular weight is 577 g/mol. The van der Waals surface area contributed by atoms with Gasteiger partial charge in [-0.25, -0.2) is 0 Å². The van der Waals surface area contributed by atoms with Crippen molar-refractivity contribution in [3.05, 3.63) is 0 Å². The highest BCUT2D eigenvalue weighted by atomic mass is 33.1. The summed E-state index contributed by atoms with van der Waals surface area (Å²) >= 11 is 0. The van der Waals surface area contributed by atoms with Gasteiger partial charge in [-0.05, 0) is 12.8 Å². The predicted molar refractivity (Wildman–Crippen MR) is 169 cm³/mol. The van der Waals surface area contributed by atoms with Crippen LogP contribution in [0.1, 0.15) is 122 Å². The summed E-state index contributed by atoms with van der Waals surface area (Å²) in [4.78, 5) is 25.2. The van der Waals surface area contributed by atoms with E-state index in [-0.39, 0.29) is 11.8 Å². The molecular weight excluding hydrogens is 512 g/mol. The highest BCUT2D eigenvalue weighted by Gasteiger charge is 2.06. The lowest BCUT2D eigenvalue weighted by molar-refractivity contribution is -0.880. The summed E-state index contributed by atoms with van der Waals surface area (Å²) in [5.74, 6) is 2.13. The van der Waals surface area contributed by atoms with Crippen LogP contribution in [0.3, 0.4) is 0 Å². The maximum atomic E-state index is 12.1. The second-order valence-corrected chi connectivity index (χ2v) is 13.5. The van der Waals surface area contributed by atoms with E-state index in [2.05, 4.69) is 29.9 Å². The third-order valence-electron chi connectivity index (χ3n) is 6.96. The maximum absolute atomic E-state index is 12.1. The fourth-order valence-corrected chi connectivity index (χ4v) is 6.34. The Bertz CT molecular complexity index is 526. The monoisotopic (exact) mass is 576 g/mol. The van der Waals surface area contributed by atoms with Gasteiger partial charge in [0.25, 0.3) is 0 Å². The number of hydrogen-bond acceptors (Lipinski definition) is 4. The minimum absolute atomic E-state index is 0.150. The van der Waals surface area contributed by atoms with E-state index in [0.717, 1.165) is 44.0 Å². The van der Waals surface area contributed by atoms with Crippen LogP contribution in [-0.4, -0.2) is 70.1 Å². The Labute approximate surface area is 244 Å². The Kier molecular flexibility index (Phi) is 30.7. The second kappa shape index (κ2) is 31.1. The van der Waals surface area contributed by atoms with E-state index in [1.165, 1.54) is 96.4 Å². The van der Waals surface area contributed by atoms with Gasteiger partial charge in [0.2, 0.25) is 11.8 Å². The summed E-state index contributed by atoms with van der Waals surface area (Å²) in [6.45, 7) is 7.03. The SMILES string of the molecule is CCCCCCCCCCCCCCCC[NH+](C)CCCC(=O)NCCSSCCNC(=O)CCC[NH2+]C. The van der Waals surface area contributed by atoms with Gasteiger partial charge in [0.1, 0.15) is 0 Å². The first-order chi connectivity index (χ1) is 18.6. The molecule has 0 spiro atoms. The van der Waals surface area contributed by atoms with Crippen LogP contribution in [0, 0.1) is 0 Å². The minimum Gasteiger partial charge on any atom is -0.355 e. The van der Waals surface area contributed by atoms with Crippen LogP contribution in [0.5, 0.6) is 0 Å². The minimum atomic E-state index is 0.150. The number of quaternary nitrogens is 2. The van der Waals surface area contributed by atoms with E-state index in [4.69, 9.17) is 0 Å². The van der Waals surface area contributed by atoms with Crippen molar-refractivity contribution in [1.29, 1.82) is 0 Å². The Hall–Kier alpha value is -0.440. The summed E-state index contributed by atoms with van der Waals surface area (Å²) in [6, 6.07) is 0. The first kappa shape index (κ1) is 37.6. The molecule has 8 heteroatoms. The number of hydrogen-bond donors (Lipinski definition) is 4. The molecule has 5 N–H and O–H groups in total. The highest BCUT2D eigenvalue weighted by Crippen LogP contribution is 2.19. The van der Waals surface area contributed by atoms with E-state index in [0.29, 0.717) is 19.4 Å². The van der Waals surface area contributed by atoms with Crippen LogP contribution in [-0.2, 0) is 9.59 Å². The van der Waals surface area contributed by atoms with E-state index in [1.807, 2.05) is 7.05 Å². The molecule has 38 heavy (non-hydrogen) atoms. The number of unbranched alkanes of at least 4 members (excludes halogenated alkanes) is 13. The fraction of sp³-hybridized carbons (Fsp3) is 0.933. The lowest BCUT2D eigenvalue weighted by Gasteiger charge is -2.13. The van der Waals surface area contributed by atoms with Gasteiger partial charge in [0, 0.05) is 50.3 Å². The second-order valence-electron chi connectivity index (χ2n) is 10.8. The zero-order valence-electron chi connectivity index (χ0n) is 25.4. The summed E-state index contributed by atoms with van der Waals surface area (Å²) in [6.07, 6.45) is 22.9. The van der Waals surface area contributed by atoms with Crippen LogP contribution in [0.4, 0.5) is 0 Å². The fourth-order valence-electron chi connectivity index (χ4n) is 4.52. The van der Waals surface area contributed by atoms with Gasteiger partial charge >= 0.3 is 0 Å². The number of rotatable bonds is 30. The average Bonchev–Trinajstić information content (AvgIpc) is 2.90.